The fourth-order valence-corrected chi connectivity index (χ4v) is 0.722. The molecule has 2 heterocycles. The summed E-state index contributed by atoms with van der Waals surface area (Å²) in [6.07, 6.45) is 4.05. The fourth-order valence-electron chi connectivity index (χ4n) is 0.722. The van der Waals surface area contributed by atoms with Gasteiger partial charge in [0.15, 0.2) is 0 Å². The smallest absolute Gasteiger partial charge is 0.306 e. The third-order valence-electron chi connectivity index (χ3n) is 1.15. The SMILES string of the molecule is [c]1nnc(-c2ccc[nH]2)o1. The maximum atomic E-state index is 4.80. The Balaban J connectivity index is 2.48. The highest BCUT2D eigenvalue weighted by Crippen LogP contribution is 2.10. The minimum Gasteiger partial charge on any atom is -0.411 e. The zero-order valence-electron chi connectivity index (χ0n) is 5.03. The van der Waals surface area contributed by atoms with Crippen LogP contribution in [0.3, 0.4) is 0 Å². The average molecular weight is 134 g/mol. The monoisotopic (exact) mass is 134 g/mol. The number of hydrogen-bond acceptors (Lipinski definition) is 3. The molecule has 0 aromatic carbocycles. The van der Waals surface area contributed by atoms with Crippen LogP contribution in [-0.4, -0.2) is 15.2 Å². The molecule has 0 bridgehead atoms. The van der Waals surface area contributed by atoms with Crippen molar-refractivity contribution in [3.8, 4) is 11.6 Å². The van der Waals surface area contributed by atoms with Crippen LogP contribution < -0.4 is 0 Å². The summed E-state index contributed by atoms with van der Waals surface area (Å²) >= 11 is 0. The molecule has 0 spiro atoms. The number of aromatic amines is 1. The van der Waals surface area contributed by atoms with E-state index in [4.69, 9.17) is 4.42 Å². The van der Waals surface area contributed by atoms with Crippen molar-refractivity contribution in [2.45, 2.75) is 0 Å². The van der Waals surface area contributed by atoms with Gasteiger partial charge in [-0.1, -0.05) is 0 Å². The van der Waals surface area contributed by atoms with Gasteiger partial charge in [0.25, 0.3) is 5.89 Å². The highest BCUT2D eigenvalue weighted by molar-refractivity contribution is 5.45. The molecule has 4 nitrogen and oxygen atoms in total. The van der Waals surface area contributed by atoms with E-state index in [0.29, 0.717) is 5.89 Å². The number of nitrogens with one attached hydrogen (secondary N) is 1. The van der Waals surface area contributed by atoms with E-state index in [9.17, 15) is 0 Å². The maximum absolute atomic E-state index is 4.80. The predicted molar refractivity (Wildman–Crippen MR) is 32.9 cm³/mol. The first-order chi connectivity index (χ1) is 4.97. The third kappa shape index (κ3) is 0.699. The van der Waals surface area contributed by atoms with Gasteiger partial charge in [0.1, 0.15) is 5.69 Å². The van der Waals surface area contributed by atoms with E-state index in [0.717, 1.165) is 5.69 Å². The van der Waals surface area contributed by atoms with Crippen LogP contribution in [0.5, 0.6) is 0 Å². The lowest BCUT2D eigenvalue weighted by Gasteiger charge is -1.82. The number of hydrogen-bond donors (Lipinski definition) is 1. The number of H-pyrrole nitrogens is 1. The standard InChI is InChI=1S/C6H4N3O/c1-2-5(7-3-1)6-9-8-4-10-6/h1-3,7H. The van der Waals surface area contributed by atoms with E-state index in [1.165, 1.54) is 0 Å². The lowest BCUT2D eigenvalue weighted by atomic mass is 10.4. The number of rotatable bonds is 1. The Labute approximate surface area is 56.9 Å². The van der Waals surface area contributed by atoms with Crippen molar-refractivity contribution in [2.24, 2.45) is 0 Å². The molecular weight excluding hydrogens is 130 g/mol. The van der Waals surface area contributed by atoms with Crippen LogP contribution in [-0.2, 0) is 0 Å². The Hall–Kier alpha value is -1.58. The molecule has 0 aliphatic carbocycles. The Morgan fingerprint density at radius 3 is 3.20 bits per heavy atom. The second-order valence-corrected chi connectivity index (χ2v) is 1.78. The molecule has 0 saturated carbocycles. The molecule has 0 fully saturated rings. The third-order valence-corrected chi connectivity index (χ3v) is 1.15. The maximum Gasteiger partial charge on any atom is 0.306 e. The van der Waals surface area contributed by atoms with Crippen LogP contribution in [0.15, 0.2) is 22.7 Å². The van der Waals surface area contributed by atoms with E-state index >= 15 is 0 Å². The second kappa shape index (κ2) is 1.98. The first-order valence-corrected chi connectivity index (χ1v) is 2.80. The molecule has 1 radical (unpaired) electrons. The summed E-state index contributed by atoms with van der Waals surface area (Å²) in [6, 6.07) is 3.71. The highest BCUT2D eigenvalue weighted by Gasteiger charge is 2.01. The van der Waals surface area contributed by atoms with Crippen molar-refractivity contribution in [2.75, 3.05) is 0 Å². The van der Waals surface area contributed by atoms with E-state index in [-0.39, 0.29) is 0 Å². The first kappa shape index (κ1) is 5.22. The lowest BCUT2D eigenvalue weighted by molar-refractivity contribution is 0.557. The van der Waals surface area contributed by atoms with E-state index in [1.54, 1.807) is 6.20 Å². The predicted octanol–water partition coefficient (Wildman–Crippen LogP) is 0.865. The van der Waals surface area contributed by atoms with Gasteiger partial charge >= 0.3 is 6.39 Å². The molecule has 0 aliphatic rings. The Morgan fingerprint density at radius 1 is 1.60 bits per heavy atom. The molecule has 2 aromatic heterocycles. The largest absolute Gasteiger partial charge is 0.411 e. The molecule has 1 N–H and O–H groups in total. The topological polar surface area (TPSA) is 54.7 Å². The molecule has 0 aliphatic heterocycles. The molecule has 4 heteroatoms. The van der Waals surface area contributed by atoms with Crippen molar-refractivity contribution < 1.29 is 4.42 Å². The second-order valence-electron chi connectivity index (χ2n) is 1.78. The summed E-state index contributed by atoms with van der Waals surface area (Å²) in [4.78, 5) is 2.92. The van der Waals surface area contributed by atoms with Gasteiger partial charge in [0.2, 0.25) is 0 Å². The van der Waals surface area contributed by atoms with Crippen molar-refractivity contribution >= 4 is 0 Å². The van der Waals surface area contributed by atoms with E-state index < -0.39 is 0 Å². The van der Waals surface area contributed by atoms with Crippen molar-refractivity contribution in [3.63, 3.8) is 0 Å². The van der Waals surface area contributed by atoms with Gasteiger partial charge in [0.05, 0.1) is 0 Å². The van der Waals surface area contributed by atoms with E-state index in [1.807, 2.05) is 12.1 Å². The summed E-state index contributed by atoms with van der Waals surface area (Å²) in [7, 11) is 0. The van der Waals surface area contributed by atoms with Crippen LogP contribution in [0.4, 0.5) is 0 Å². The van der Waals surface area contributed by atoms with Crippen LogP contribution >= 0.6 is 0 Å². The van der Waals surface area contributed by atoms with Gasteiger partial charge < -0.3 is 9.40 Å². The summed E-state index contributed by atoms with van der Waals surface area (Å²) < 4.78 is 4.80. The van der Waals surface area contributed by atoms with Crippen LogP contribution in [0.2, 0.25) is 0 Å². The van der Waals surface area contributed by atoms with Gasteiger partial charge in [-0.2, -0.15) is 0 Å². The molecule has 2 rings (SSSR count). The summed E-state index contributed by atoms with van der Waals surface area (Å²) in [6.45, 7) is 0. The van der Waals surface area contributed by atoms with E-state index in [2.05, 4.69) is 21.6 Å². The number of aromatic nitrogens is 3. The molecule has 0 saturated heterocycles. The Kier molecular flexibility index (Phi) is 1.04. The van der Waals surface area contributed by atoms with Gasteiger partial charge in [-0.3, -0.25) is 0 Å². The van der Waals surface area contributed by atoms with Gasteiger partial charge in [0, 0.05) is 6.20 Å². The molecule has 0 amide bonds. The van der Waals surface area contributed by atoms with Gasteiger partial charge in [-0.15, -0.1) is 10.2 Å². The summed E-state index contributed by atoms with van der Waals surface area (Å²) in [5.74, 6) is 0.463. The zero-order valence-corrected chi connectivity index (χ0v) is 5.03. The molecule has 0 atom stereocenters. The Bertz CT molecular complexity index is 252. The van der Waals surface area contributed by atoms with Gasteiger partial charge in [-0.25, -0.2) is 0 Å². The summed E-state index contributed by atoms with van der Waals surface area (Å²) in [5.41, 5.74) is 0.814. The molecular formula is C6H4N3O. The molecule has 0 unspecified atom stereocenters. The highest BCUT2D eigenvalue weighted by atomic mass is 16.4. The average Bonchev–Trinajstić information content (AvgIpc) is 2.59. The fraction of sp³-hybridized carbons (Fsp3) is 0. The first-order valence-electron chi connectivity index (χ1n) is 2.80. The van der Waals surface area contributed by atoms with Crippen LogP contribution in [0.1, 0.15) is 0 Å². The van der Waals surface area contributed by atoms with Crippen molar-refractivity contribution in [1.29, 1.82) is 0 Å². The normalized spacial score (nSPS) is 10.0. The molecule has 49 valence electrons. The minimum atomic E-state index is 0.463. The summed E-state index contributed by atoms with van der Waals surface area (Å²) in [5, 5.41) is 7.07. The van der Waals surface area contributed by atoms with Crippen LogP contribution in [0.25, 0.3) is 11.6 Å². The van der Waals surface area contributed by atoms with Crippen molar-refractivity contribution in [1.82, 2.24) is 15.2 Å². The van der Waals surface area contributed by atoms with Crippen LogP contribution in [0, 0.1) is 6.39 Å². The number of nitrogens with zero attached hydrogens (tertiary/aromatic N) is 2. The quantitative estimate of drug-likeness (QED) is 0.629. The molecule has 10 heavy (non-hydrogen) atoms. The Morgan fingerprint density at radius 2 is 2.60 bits per heavy atom. The van der Waals surface area contributed by atoms with Gasteiger partial charge in [-0.05, 0) is 12.1 Å². The lowest BCUT2D eigenvalue weighted by Crippen LogP contribution is -1.74. The van der Waals surface area contributed by atoms with Crippen molar-refractivity contribution in [3.05, 3.63) is 24.7 Å². The minimum absolute atomic E-state index is 0.463. The zero-order chi connectivity index (χ0) is 6.81. The molecule has 2 aromatic rings.